The number of aromatic nitrogens is 1. The molecule has 86 valence electrons. The monoisotopic (exact) mass is 218 g/mol. The molecule has 2 N–H and O–H groups in total. The van der Waals surface area contributed by atoms with Gasteiger partial charge >= 0.3 is 0 Å². The highest BCUT2D eigenvalue weighted by atomic mass is 16.1. The van der Waals surface area contributed by atoms with Crippen LogP contribution in [0.25, 0.3) is 10.9 Å². The Morgan fingerprint density at radius 3 is 2.50 bits per heavy atom. The van der Waals surface area contributed by atoms with E-state index in [1.807, 2.05) is 50.7 Å². The molecule has 0 saturated heterocycles. The lowest BCUT2D eigenvalue weighted by Crippen LogP contribution is -2.10. The molecule has 0 aliphatic carbocycles. The minimum atomic E-state index is -0.379. The number of hydrogen-bond acceptors (Lipinski definition) is 1. The topological polar surface area (TPSA) is 48.0 Å². The summed E-state index contributed by atoms with van der Waals surface area (Å²) in [5.41, 5.74) is 8.05. The molecule has 1 amide bonds. The first-order valence-corrected chi connectivity index (χ1v) is 5.45. The van der Waals surface area contributed by atoms with Crippen molar-refractivity contribution in [2.24, 2.45) is 12.8 Å². The number of benzene rings is 1. The smallest absolute Gasteiger partial charge is 0.248 e. The molecule has 1 aromatic heterocycles. The zero-order valence-electron chi connectivity index (χ0n) is 10.2. The van der Waals surface area contributed by atoms with Crippen LogP contribution in [-0.4, -0.2) is 10.5 Å². The number of carbonyl (C=O) groups excluding carboxylic acids is 1. The fourth-order valence-electron chi connectivity index (χ4n) is 1.74. The number of nitrogens with two attached hydrogens (primary N) is 1. The summed E-state index contributed by atoms with van der Waals surface area (Å²) >= 11 is 0. The number of primary amides is 1. The van der Waals surface area contributed by atoms with Crippen LogP contribution < -0.4 is 5.73 Å². The van der Waals surface area contributed by atoms with Gasteiger partial charge in [0.15, 0.2) is 0 Å². The van der Waals surface area contributed by atoms with Gasteiger partial charge in [0.25, 0.3) is 0 Å². The van der Waals surface area contributed by atoms with E-state index in [1.165, 1.54) is 0 Å². The summed E-state index contributed by atoms with van der Waals surface area (Å²) in [7, 11) is 1.99. The number of carbonyl (C=O) groups is 1. The summed E-state index contributed by atoms with van der Waals surface area (Å²) in [6.07, 6.45) is 2.04. The van der Waals surface area contributed by atoms with Crippen LogP contribution in [0.2, 0.25) is 0 Å². The van der Waals surface area contributed by atoms with Gasteiger partial charge in [0.1, 0.15) is 0 Å². The average molecular weight is 218 g/mol. The van der Waals surface area contributed by atoms with Crippen LogP contribution in [0.4, 0.5) is 0 Å². The Kier molecular flexibility index (Phi) is 3.72. The molecule has 3 heteroatoms. The average Bonchev–Trinajstić information content (AvgIpc) is 2.57. The van der Waals surface area contributed by atoms with E-state index in [4.69, 9.17) is 5.73 Å². The predicted octanol–water partition coefficient (Wildman–Crippen LogP) is 2.61. The Bertz CT molecular complexity index is 512. The summed E-state index contributed by atoms with van der Waals surface area (Å²) < 4.78 is 2.04. The van der Waals surface area contributed by atoms with Gasteiger partial charge in [-0.2, -0.15) is 0 Å². The lowest BCUT2D eigenvalue weighted by atomic mass is 10.1. The SMILES string of the molecule is CC.Cc1cn(C)c2ccc(C(N)=O)cc12. The largest absolute Gasteiger partial charge is 0.366 e. The quantitative estimate of drug-likeness (QED) is 0.785. The third kappa shape index (κ3) is 2.08. The Balaban J connectivity index is 0.000000606. The van der Waals surface area contributed by atoms with Crippen molar-refractivity contribution in [2.75, 3.05) is 0 Å². The van der Waals surface area contributed by atoms with Crippen molar-refractivity contribution >= 4 is 16.8 Å². The number of aryl methyl sites for hydroxylation is 2. The standard InChI is InChI=1S/C11H12N2O.C2H6/c1-7-6-13(2)10-4-3-8(11(12)14)5-9(7)10;1-2/h3-6H,1-2H3,(H2,12,14);1-2H3. The molecule has 0 aliphatic rings. The van der Waals surface area contributed by atoms with E-state index in [2.05, 4.69) is 0 Å². The second-order valence-corrected chi connectivity index (χ2v) is 3.52. The molecular formula is C13H18N2O. The number of rotatable bonds is 1. The fraction of sp³-hybridized carbons (Fsp3) is 0.308. The summed E-state index contributed by atoms with van der Waals surface area (Å²) in [6, 6.07) is 5.51. The van der Waals surface area contributed by atoms with Gasteiger partial charge in [-0.1, -0.05) is 13.8 Å². The van der Waals surface area contributed by atoms with Crippen molar-refractivity contribution in [3.05, 3.63) is 35.5 Å². The van der Waals surface area contributed by atoms with Gasteiger partial charge in [0.2, 0.25) is 5.91 Å². The fourth-order valence-corrected chi connectivity index (χ4v) is 1.74. The van der Waals surface area contributed by atoms with Gasteiger partial charge < -0.3 is 10.3 Å². The van der Waals surface area contributed by atoms with Crippen molar-refractivity contribution in [3.63, 3.8) is 0 Å². The third-order valence-electron chi connectivity index (χ3n) is 2.47. The van der Waals surface area contributed by atoms with Crippen molar-refractivity contribution in [1.29, 1.82) is 0 Å². The molecule has 0 aliphatic heterocycles. The third-order valence-corrected chi connectivity index (χ3v) is 2.47. The van der Waals surface area contributed by atoms with E-state index in [0.717, 1.165) is 16.5 Å². The Hall–Kier alpha value is -1.77. The van der Waals surface area contributed by atoms with Gasteiger partial charge in [-0.15, -0.1) is 0 Å². The van der Waals surface area contributed by atoms with Gasteiger partial charge in [0.05, 0.1) is 0 Å². The first-order chi connectivity index (χ1) is 7.59. The molecular weight excluding hydrogens is 200 g/mol. The van der Waals surface area contributed by atoms with Crippen molar-refractivity contribution < 1.29 is 4.79 Å². The Morgan fingerprint density at radius 2 is 1.94 bits per heavy atom. The van der Waals surface area contributed by atoms with E-state index in [-0.39, 0.29) is 5.91 Å². The molecule has 0 radical (unpaired) electrons. The number of amides is 1. The molecule has 0 fully saturated rings. The highest BCUT2D eigenvalue weighted by Crippen LogP contribution is 2.20. The molecule has 2 rings (SSSR count). The van der Waals surface area contributed by atoms with E-state index >= 15 is 0 Å². The van der Waals surface area contributed by atoms with Crippen molar-refractivity contribution in [1.82, 2.24) is 4.57 Å². The first-order valence-electron chi connectivity index (χ1n) is 5.45. The Morgan fingerprint density at radius 1 is 1.31 bits per heavy atom. The summed E-state index contributed by atoms with van der Waals surface area (Å²) in [4.78, 5) is 11.0. The lowest BCUT2D eigenvalue weighted by molar-refractivity contribution is 0.100. The van der Waals surface area contributed by atoms with Crippen LogP contribution in [-0.2, 0) is 7.05 Å². The van der Waals surface area contributed by atoms with Crippen LogP contribution >= 0.6 is 0 Å². The maximum atomic E-state index is 11.0. The second-order valence-electron chi connectivity index (χ2n) is 3.52. The zero-order chi connectivity index (χ0) is 12.3. The zero-order valence-corrected chi connectivity index (χ0v) is 10.2. The number of fused-ring (bicyclic) bond motifs is 1. The molecule has 3 nitrogen and oxygen atoms in total. The molecule has 0 saturated carbocycles. The van der Waals surface area contributed by atoms with Gasteiger partial charge in [0, 0.05) is 29.7 Å². The normalized spacial score (nSPS) is 9.75. The molecule has 0 unspecified atom stereocenters. The maximum Gasteiger partial charge on any atom is 0.248 e. The van der Waals surface area contributed by atoms with Crippen molar-refractivity contribution in [2.45, 2.75) is 20.8 Å². The van der Waals surface area contributed by atoms with E-state index in [0.29, 0.717) is 5.56 Å². The Labute approximate surface area is 95.9 Å². The number of hydrogen-bond donors (Lipinski definition) is 1. The maximum absolute atomic E-state index is 11.0. The van der Waals surface area contributed by atoms with Crippen LogP contribution in [0.15, 0.2) is 24.4 Å². The van der Waals surface area contributed by atoms with Crippen LogP contribution in [0, 0.1) is 6.92 Å². The van der Waals surface area contributed by atoms with Gasteiger partial charge in [-0.3, -0.25) is 4.79 Å². The highest BCUT2D eigenvalue weighted by molar-refractivity contribution is 5.97. The molecule has 1 aromatic carbocycles. The van der Waals surface area contributed by atoms with E-state index in [1.54, 1.807) is 6.07 Å². The predicted molar refractivity (Wildman–Crippen MR) is 67.5 cm³/mol. The van der Waals surface area contributed by atoms with Gasteiger partial charge in [-0.05, 0) is 30.7 Å². The number of nitrogens with zero attached hydrogens (tertiary/aromatic N) is 1. The molecule has 1 heterocycles. The van der Waals surface area contributed by atoms with E-state index in [9.17, 15) is 4.79 Å². The van der Waals surface area contributed by atoms with Crippen LogP contribution in [0.3, 0.4) is 0 Å². The van der Waals surface area contributed by atoms with Crippen molar-refractivity contribution in [3.8, 4) is 0 Å². The first kappa shape index (κ1) is 12.3. The lowest BCUT2D eigenvalue weighted by Gasteiger charge is -1.98. The molecule has 16 heavy (non-hydrogen) atoms. The summed E-state index contributed by atoms with van der Waals surface area (Å²) in [6.45, 7) is 6.02. The van der Waals surface area contributed by atoms with Gasteiger partial charge in [-0.25, -0.2) is 0 Å². The van der Waals surface area contributed by atoms with E-state index < -0.39 is 0 Å². The second kappa shape index (κ2) is 4.84. The van der Waals surface area contributed by atoms with Crippen LogP contribution in [0.1, 0.15) is 29.8 Å². The minimum absolute atomic E-state index is 0.379. The molecule has 0 bridgehead atoms. The highest BCUT2D eigenvalue weighted by Gasteiger charge is 2.06. The molecule has 2 aromatic rings. The minimum Gasteiger partial charge on any atom is -0.366 e. The molecule has 0 atom stereocenters. The summed E-state index contributed by atoms with van der Waals surface area (Å²) in [5, 5.41) is 1.09. The summed E-state index contributed by atoms with van der Waals surface area (Å²) in [5.74, 6) is -0.379. The molecule has 0 spiro atoms. The van der Waals surface area contributed by atoms with Crippen LogP contribution in [0.5, 0.6) is 0 Å².